The summed E-state index contributed by atoms with van der Waals surface area (Å²) in [5, 5.41) is 9.37. The second kappa shape index (κ2) is 4.51. The molecule has 1 atom stereocenters. The van der Waals surface area contributed by atoms with Gasteiger partial charge in [-0.3, -0.25) is 0 Å². The van der Waals surface area contributed by atoms with Crippen molar-refractivity contribution in [1.82, 2.24) is 0 Å². The third-order valence-corrected chi connectivity index (χ3v) is 1.65. The van der Waals surface area contributed by atoms with Crippen molar-refractivity contribution < 1.29 is 5.11 Å². The van der Waals surface area contributed by atoms with Crippen LogP contribution in [0.15, 0.2) is 6.08 Å². The van der Waals surface area contributed by atoms with Gasteiger partial charge in [0.2, 0.25) is 0 Å². The highest BCUT2D eigenvalue weighted by Crippen LogP contribution is 2.14. The van der Waals surface area contributed by atoms with Crippen molar-refractivity contribution in [2.24, 2.45) is 0 Å². The first-order chi connectivity index (χ1) is 4.62. The zero-order valence-corrected chi connectivity index (χ0v) is 6.93. The summed E-state index contributed by atoms with van der Waals surface area (Å²) in [4.78, 5) is 0. The zero-order chi connectivity index (χ0) is 8.04. The average molecular weight is 141 g/mol. The van der Waals surface area contributed by atoms with Crippen molar-refractivity contribution >= 4 is 0 Å². The van der Waals surface area contributed by atoms with Crippen LogP contribution in [0, 0.1) is 6.58 Å². The summed E-state index contributed by atoms with van der Waals surface area (Å²) in [5.74, 6) is 0. The van der Waals surface area contributed by atoms with Gasteiger partial charge in [0.25, 0.3) is 0 Å². The maximum absolute atomic E-state index is 9.37. The van der Waals surface area contributed by atoms with Crippen LogP contribution in [0.25, 0.3) is 0 Å². The minimum atomic E-state index is -0.755. The Hall–Kier alpha value is -0.300. The minimum Gasteiger partial charge on any atom is -0.386 e. The summed E-state index contributed by atoms with van der Waals surface area (Å²) in [5.41, 5.74) is -0.755. The smallest absolute Gasteiger partial charge is 0.0802 e. The van der Waals surface area contributed by atoms with E-state index in [1.54, 1.807) is 6.92 Å². The van der Waals surface area contributed by atoms with Gasteiger partial charge in [-0.15, -0.1) is 0 Å². The Balaban J connectivity index is 3.37. The Morgan fingerprint density at radius 3 is 2.50 bits per heavy atom. The number of aliphatic hydroxyl groups is 1. The predicted molar refractivity (Wildman–Crippen MR) is 43.6 cm³/mol. The molecule has 0 heterocycles. The van der Waals surface area contributed by atoms with Crippen molar-refractivity contribution in [2.45, 2.75) is 45.1 Å². The summed E-state index contributed by atoms with van der Waals surface area (Å²) in [7, 11) is 0. The van der Waals surface area contributed by atoms with Crippen LogP contribution >= 0.6 is 0 Å². The molecule has 0 amide bonds. The summed E-state index contributed by atoms with van der Waals surface area (Å²) >= 11 is 0. The second-order valence-electron chi connectivity index (χ2n) is 2.98. The molecule has 0 saturated carbocycles. The molecule has 0 aliphatic heterocycles. The van der Waals surface area contributed by atoms with E-state index < -0.39 is 5.60 Å². The molecule has 0 saturated heterocycles. The average Bonchev–Trinajstić information content (AvgIpc) is 1.89. The third kappa shape index (κ3) is 4.57. The highest BCUT2D eigenvalue weighted by atomic mass is 16.3. The van der Waals surface area contributed by atoms with Crippen molar-refractivity contribution in [2.75, 3.05) is 0 Å². The van der Waals surface area contributed by atoms with E-state index in [0.717, 1.165) is 12.8 Å². The van der Waals surface area contributed by atoms with E-state index in [-0.39, 0.29) is 0 Å². The van der Waals surface area contributed by atoms with Crippen LogP contribution in [0.3, 0.4) is 0 Å². The molecule has 1 radical (unpaired) electrons. The van der Waals surface area contributed by atoms with Gasteiger partial charge < -0.3 is 5.11 Å². The molecule has 1 heteroatoms. The fourth-order valence-corrected chi connectivity index (χ4v) is 0.816. The molecule has 0 rings (SSSR count). The van der Waals surface area contributed by atoms with Gasteiger partial charge in [-0.2, -0.15) is 0 Å². The summed E-state index contributed by atoms with van der Waals surface area (Å²) < 4.78 is 0. The second-order valence-corrected chi connectivity index (χ2v) is 2.98. The standard InChI is InChI=1S/C9H17O/c1-4-6-7-8-9(3,10)5-2/h2,5,10H,4,6-8H2,1,3H3. The van der Waals surface area contributed by atoms with E-state index in [9.17, 15) is 5.11 Å². The molecular formula is C9H17O. The monoisotopic (exact) mass is 141 g/mol. The molecule has 59 valence electrons. The molecule has 1 unspecified atom stereocenters. The normalized spacial score (nSPS) is 16.3. The molecule has 0 bridgehead atoms. The first-order valence-electron chi connectivity index (χ1n) is 3.91. The topological polar surface area (TPSA) is 20.2 Å². The fraction of sp³-hybridized carbons (Fsp3) is 0.778. The number of rotatable bonds is 5. The first-order valence-corrected chi connectivity index (χ1v) is 3.91. The zero-order valence-electron chi connectivity index (χ0n) is 6.93. The largest absolute Gasteiger partial charge is 0.386 e. The van der Waals surface area contributed by atoms with Gasteiger partial charge in [-0.25, -0.2) is 0 Å². The predicted octanol–water partition coefficient (Wildman–Crippen LogP) is 2.31. The Bertz CT molecular complexity index is 94.9. The SMILES string of the molecule is [CH]=CC(C)(O)CCCCC. The Kier molecular flexibility index (Phi) is 4.37. The van der Waals surface area contributed by atoms with E-state index in [4.69, 9.17) is 6.58 Å². The van der Waals surface area contributed by atoms with Gasteiger partial charge in [0.05, 0.1) is 5.60 Å². The van der Waals surface area contributed by atoms with Crippen LogP contribution in [0.1, 0.15) is 39.5 Å². The maximum atomic E-state index is 9.37. The molecule has 0 aromatic carbocycles. The van der Waals surface area contributed by atoms with Crippen LogP contribution in [0.4, 0.5) is 0 Å². The van der Waals surface area contributed by atoms with Gasteiger partial charge in [0.15, 0.2) is 0 Å². The van der Waals surface area contributed by atoms with E-state index in [2.05, 4.69) is 6.92 Å². The summed E-state index contributed by atoms with van der Waals surface area (Å²) in [6.07, 6.45) is 5.54. The third-order valence-electron chi connectivity index (χ3n) is 1.65. The molecule has 0 spiro atoms. The van der Waals surface area contributed by atoms with Gasteiger partial charge in [-0.05, 0) is 13.3 Å². The molecule has 0 aromatic rings. The van der Waals surface area contributed by atoms with Crippen LogP contribution in [-0.4, -0.2) is 10.7 Å². The first kappa shape index (κ1) is 9.70. The highest BCUT2D eigenvalue weighted by molar-refractivity contribution is 4.89. The highest BCUT2D eigenvalue weighted by Gasteiger charge is 2.13. The summed E-state index contributed by atoms with van der Waals surface area (Å²) in [6, 6.07) is 0. The molecule has 1 nitrogen and oxygen atoms in total. The Morgan fingerprint density at radius 1 is 1.50 bits per heavy atom. The van der Waals surface area contributed by atoms with Crippen molar-refractivity contribution in [3.05, 3.63) is 12.7 Å². The lowest BCUT2D eigenvalue weighted by Crippen LogP contribution is -2.19. The quantitative estimate of drug-likeness (QED) is 0.582. The summed E-state index contributed by atoms with van der Waals surface area (Å²) in [6.45, 7) is 9.09. The van der Waals surface area contributed by atoms with E-state index in [1.807, 2.05) is 0 Å². The van der Waals surface area contributed by atoms with E-state index in [0.29, 0.717) is 0 Å². The molecule has 1 N–H and O–H groups in total. The minimum absolute atomic E-state index is 0.755. The van der Waals surface area contributed by atoms with Gasteiger partial charge >= 0.3 is 0 Å². The lowest BCUT2D eigenvalue weighted by Gasteiger charge is -2.17. The molecule has 10 heavy (non-hydrogen) atoms. The lowest BCUT2D eigenvalue weighted by molar-refractivity contribution is 0.0987. The number of hydrogen-bond acceptors (Lipinski definition) is 1. The number of hydrogen-bond donors (Lipinski definition) is 1. The Labute approximate surface area is 63.8 Å². The molecular weight excluding hydrogens is 124 g/mol. The van der Waals surface area contributed by atoms with Crippen LogP contribution in [0.5, 0.6) is 0 Å². The van der Waals surface area contributed by atoms with Gasteiger partial charge in [-0.1, -0.05) is 38.8 Å². The van der Waals surface area contributed by atoms with E-state index in [1.165, 1.54) is 18.9 Å². The van der Waals surface area contributed by atoms with Gasteiger partial charge in [0.1, 0.15) is 0 Å². The molecule has 0 aliphatic carbocycles. The fourth-order valence-electron chi connectivity index (χ4n) is 0.816. The van der Waals surface area contributed by atoms with Gasteiger partial charge in [0, 0.05) is 0 Å². The lowest BCUT2D eigenvalue weighted by atomic mass is 9.99. The van der Waals surface area contributed by atoms with Crippen molar-refractivity contribution in [1.29, 1.82) is 0 Å². The van der Waals surface area contributed by atoms with Crippen LogP contribution in [-0.2, 0) is 0 Å². The molecule has 0 aromatic heterocycles. The van der Waals surface area contributed by atoms with Crippen molar-refractivity contribution in [3.8, 4) is 0 Å². The molecule has 0 aliphatic rings. The van der Waals surface area contributed by atoms with Crippen LogP contribution < -0.4 is 0 Å². The van der Waals surface area contributed by atoms with Crippen LogP contribution in [0.2, 0.25) is 0 Å². The van der Waals surface area contributed by atoms with E-state index >= 15 is 0 Å². The maximum Gasteiger partial charge on any atom is 0.0802 e. The molecule has 0 fully saturated rings. The Morgan fingerprint density at radius 2 is 2.10 bits per heavy atom. The van der Waals surface area contributed by atoms with Crippen molar-refractivity contribution in [3.63, 3.8) is 0 Å². The number of unbranched alkanes of at least 4 members (excludes halogenated alkanes) is 2.